The van der Waals surface area contributed by atoms with E-state index in [1.54, 1.807) is 0 Å². The minimum atomic E-state index is 0.199. The van der Waals surface area contributed by atoms with Gasteiger partial charge in [0.05, 0.1) is 23.1 Å². The van der Waals surface area contributed by atoms with Crippen LogP contribution in [0.5, 0.6) is 0 Å². The minimum absolute atomic E-state index is 0.199. The maximum atomic E-state index is 4.83. The van der Waals surface area contributed by atoms with E-state index in [4.69, 9.17) is 10.1 Å². The molecule has 1 N–H and O–H groups in total. The molecule has 0 bridgehead atoms. The van der Waals surface area contributed by atoms with Crippen LogP contribution < -0.4 is 5.43 Å². The summed E-state index contributed by atoms with van der Waals surface area (Å²) < 4.78 is 0. The van der Waals surface area contributed by atoms with Crippen LogP contribution in [0.4, 0.5) is 0 Å². The zero-order chi connectivity index (χ0) is 17.9. The van der Waals surface area contributed by atoms with E-state index in [0.717, 1.165) is 29.4 Å². The average molecular weight is 348 g/mol. The van der Waals surface area contributed by atoms with E-state index in [9.17, 15) is 0 Å². The second-order valence-corrected chi connectivity index (χ2v) is 7.79. The van der Waals surface area contributed by atoms with Crippen LogP contribution in [0.2, 0.25) is 0 Å². The third kappa shape index (κ3) is 3.37. The maximum absolute atomic E-state index is 4.83. The van der Waals surface area contributed by atoms with E-state index in [2.05, 4.69) is 48.5 Å². The third-order valence-corrected chi connectivity index (χ3v) is 6.09. The molecule has 1 aliphatic heterocycles. The van der Waals surface area contributed by atoms with Gasteiger partial charge in [0.2, 0.25) is 0 Å². The second-order valence-electron chi connectivity index (χ2n) is 7.79. The van der Waals surface area contributed by atoms with E-state index in [-0.39, 0.29) is 6.04 Å². The first-order chi connectivity index (χ1) is 12.8. The van der Waals surface area contributed by atoms with E-state index in [0.29, 0.717) is 11.8 Å². The summed E-state index contributed by atoms with van der Waals surface area (Å²) >= 11 is 0. The molecule has 0 aromatic carbocycles. The summed E-state index contributed by atoms with van der Waals surface area (Å²) in [5, 5.41) is 4.83. The lowest BCUT2D eigenvalue weighted by atomic mass is 9.76. The van der Waals surface area contributed by atoms with Crippen LogP contribution in [0.15, 0.2) is 47.8 Å². The van der Waals surface area contributed by atoms with Gasteiger partial charge in [0.25, 0.3) is 0 Å². The van der Waals surface area contributed by atoms with Gasteiger partial charge in [-0.1, -0.05) is 38.8 Å². The van der Waals surface area contributed by atoms with E-state index in [1.165, 1.54) is 31.2 Å². The van der Waals surface area contributed by atoms with Gasteiger partial charge in [-0.3, -0.25) is 9.97 Å². The van der Waals surface area contributed by atoms with Crippen LogP contribution in [0.25, 0.3) is 0 Å². The molecule has 4 unspecified atom stereocenters. The Morgan fingerprint density at radius 3 is 2.65 bits per heavy atom. The van der Waals surface area contributed by atoms with Crippen molar-refractivity contribution in [1.82, 2.24) is 15.4 Å². The molecule has 0 radical (unpaired) electrons. The smallest absolute Gasteiger partial charge is 0.0894 e. The standard InChI is InChI=1S/C22H28N4/c1-3-16-9-12-20(24-14-16)22-18-11-8-15(2)7-10-17(18)21(25-26-22)19-6-4-5-13-23-19/h4-6,9,12-15,17-18,21,25H,3,7-8,10-11H2,1-2H3. The lowest BCUT2D eigenvalue weighted by Crippen LogP contribution is -2.40. The van der Waals surface area contributed by atoms with Crippen molar-refractivity contribution in [3.63, 3.8) is 0 Å². The summed E-state index contributed by atoms with van der Waals surface area (Å²) in [7, 11) is 0. The van der Waals surface area contributed by atoms with Gasteiger partial charge in [-0.15, -0.1) is 0 Å². The highest BCUT2D eigenvalue weighted by Gasteiger charge is 2.40. The summed E-state index contributed by atoms with van der Waals surface area (Å²) in [6, 6.07) is 10.7. The number of rotatable bonds is 3. The number of fused-ring (bicyclic) bond motifs is 1. The Morgan fingerprint density at radius 2 is 1.92 bits per heavy atom. The van der Waals surface area contributed by atoms with Crippen LogP contribution in [0.1, 0.15) is 62.5 Å². The van der Waals surface area contributed by atoms with Gasteiger partial charge in [-0.25, -0.2) is 0 Å². The molecule has 0 spiro atoms. The monoisotopic (exact) mass is 348 g/mol. The fraction of sp³-hybridized carbons (Fsp3) is 0.500. The van der Waals surface area contributed by atoms with Gasteiger partial charge < -0.3 is 5.43 Å². The van der Waals surface area contributed by atoms with Crippen LogP contribution in [0, 0.1) is 17.8 Å². The van der Waals surface area contributed by atoms with Crippen LogP contribution >= 0.6 is 0 Å². The first kappa shape index (κ1) is 17.2. The summed E-state index contributed by atoms with van der Waals surface area (Å²) in [5.41, 5.74) is 7.98. The van der Waals surface area contributed by atoms with Crippen LogP contribution in [0.3, 0.4) is 0 Å². The lowest BCUT2D eigenvalue weighted by Gasteiger charge is -2.37. The molecule has 26 heavy (non-hydrogen) atoms. The number of hydrogen-bond acceptors (Lipinski definition) is 4. The number of hydrazone groups is 1. The quantitative estimate of drug-likeness (QED) is 0.886. The van der Waals surface area contributed by atoms with Gasteiger partial charge in [-0.05, 0) is 54.9 Å². The molecule has 4 nitrogen and oxygen atoms in total. The van der Waals surface area contributed by atoms with Crippen molar-refractivity contribution in [3.8, 4) is 0 Å². The molecular formula is C22H28N4. The first-order valence-electron chi connectivity index (χ1n) is 9.95. The summed E-state index contributed by atoms with van der Waals surface area (Å²) in [5.74, 6) is 1.75. The number of nitrogens with zero attached hydrogens (tertiary/aromatic N) is 3. The Labute approximate surface area is 156 Å². The Morgan fingerprint density at radius 1 is 1.04 bits per heavy atom. The van der Waals surface area contributed by atoms with Crippen molar-refractivity contribution in [2.45, 2.75) is 52.0 Å². The van der Waals surface area contributed by atoms with Crippen LogP contribution in [-0.2, 0) is 6.42 Å². The van der Waals surface area contributed by atoms with Crippen LogP contribution in [-0.4, -0.2) is 15.7 Å². The van der Waals surface area contributed by atoms with Gasteiger partial charge in [0.1, 0.15) is 0 Å². The molecule has 2 aromatic heterocycles. The zero-order valence-electron chi connectivity index (χ0n) is 15.7. The molecule has 1 aliphatic carbocycles. The van der Waals surface area contributed by atoms with Crippen molar-refractivity contribution in [1.29, 1.82) is 0 Å². The largest absolute Gasteiger partial charge is 0.300 e. The fourth-order valence-electron chi connectivity index (χ4n) is 4.43. The predicted molar refractivity (Wildman–Crippen MR) is 105 cm³/mol. The molecule has 3 heterocycles. The minimum Gasteiger partial charge on any atom is -0.300 e. The molecule has 2 aliphatic rings. The Kier molecular flexibility index (Phi) is 5.00. The van der Waals surface area contributed by atoms with Gasteiger partial charge >= 0.3 is 0 Å². The average Bonchev–Trinajstić information content (AvgIpc) is 2.90. The van der Waals surface area contributed by atoms with Crippen molar-refractivity contribution in [3.05, 3.63) is 59.7 Å². The van der Waals surface area contributed by atoms with E-state index in [1.807, 2.05) is 18.5 Å². The SMILES string of the molecule is CCc1ccc(C2=NNC(c3ccccn3)C3CCC(C)CCC23)nc1. The van der Waals surface area contributed by atoms with Gasteiger partial charge in [-0.2, -0.15) is 5.10 Å². The van der Waals surface area contributed by atoms with Crippen molar-refractivity contribution in [2.24, 2.45) is 22.9 Å². The van der Waals surface area contributed by atoms with Gasteiger partial charge in [0, 0.05) is 18.3 Å². The second kappa shape index (κ2) is 7.56. The highest BCUT2D eigenvalue weighted by Crippen LogP contribution is 2.42. The van der Waals surface area contributed by atoms with Gasteiger partial charge in [0.15, 0.2) is 0 Å². The number of aryl methyl sites for hydroxylation is 1. The highest BCUT2D eigenvalue weighted by atomic mass is 15.3. The fourth-order valence-corrected chi connectivity index (χ4v) is 4.43. The lowest BCUT2D eigenvalue weighted by molar-refractivity contribution is 0.263. The molecule has 136 valence electrons. The first-order valence-corrected chi connectivity index (χ1v) is 9.95. The molecule has 1 fully saturated rings. The molecule has 4 atom stereocenters. The normalized spacial score (nSPS) is 28.5. The molecule has 4 rings (SSSR count). The molecule has 1 saturated carbocycles. The molecule has 2 aromatic rings. The van der Waals surface area contributed by atoms with Crippen molar-refractivity contribution < 1.29 is 0 Å². The number of nitrogens with one attached hydrogen (secondary N) is 1. The summed E-state index contributed by atoms with van der Waals surface area (Å²) in [4.78, 5) is 9.34. The Balaban J connectivity index is 1.69. The van der Waals surface area contributed by atoms with Crippen molar-refractivity contribution >= 4 is 5.71 Å². The predicted octanol–water partition coefficient (Wildman–Crippen LogP) is 4.53. The molecule has 0 saturated heterocycles. The van der Waals surface area contributed by atoms with Crippen molar-refractivity contribution in [2.75, 3.05) is 0 Å². The van der Waals surface area contributed by atoms with E-state index >= 15 is 0 Å². The topological polar surface area (TPSA) is 50.2 Å². The van der Waals surface area contributed by atoms with E-state index < -0.39 is 0 Å². The Bertz CT molecular complexity index is 753. The zero-order valence-corrected chi connectivity index (χ0v) is 15.7. The number of pyridine rings is 2. The Hall–Kier alpha value is -2.23. The summed E-state index contributed by atoms with van der Waals surface area (Å²) in [6.07, 6.45) is 9.85. The molecule has 0 amide bonds. The maximum Gasteiger partial charge on any atom is 0.0894 e. The third-order valence-electron chi connectivity index (χ3n) is 6.09. The number of aromatic nitrogens is 2. The molecular weight excluding hydrogens is 320 g/mol. The molecule has 4 heteroatoms. The highest BCUT2D eigenvalue weighted by molar-refractivity contribution is 6.01. The number of hydrogen-bond donors (Lipinski definition) is 1. The summed E-state index contributed by atoms with van der Waals surface area (Å²) in [6.45, 7) is 4.54.